The molecule has 2 N–H and O–H groups in total. The number of carboxylic acid groups (broad SMARTS) is 1. The van der Waals surface area contributed by atoms with Gasteiger partial charge in [-0.15, -0.1) is 0 Å². The van der Waals surface area contributed by atoms with Crippen LogP contribution in [0.15, 0.2) is 18.2 Å². The summed E-state index contributed by atoms with van der Waals surface area (Å²) in [5.74, 6) is -1.53. The number of aliphatic carboxylic acids is 1. The first kappa shape index (κ1) is 15.0. The first-order chi connectivity index (χ1) is 8.81. The molecule has 0 bridgehead atoms. The van der Waals surface area contributed by atoms with Gasteiger partial charge in [0.05, 0.1) is 12.0 Å². The minimum Gasteiger partial charge on any atom is -0.548 e. The van der Waals surface area contributed by atoms with Gasteiger partial charge in [-0.05, 0) is 43.0 Å². The molecule has 0 aliphatic heterocycles. The highest BCUT2D eigenvalue weighted by atomic mass is 16.4. The van der Waals surface area contributed by atoms with Crippen molar-refractivity contribution >= 4 is 17.7 Å². The van der Waals surface area contributed by atoms with Crippen LogP contribution in [-0.4, -0.2) is 18.0 Å². The molecule has 0 spiro atoms. The van der Waals surface area contributed by atoms with Gasteiger partial charge in [0, 0.05) is 5.69 Å². The second kappa shape index (κ2) is 6.22. The Morgan fingerprint density at radius 3 is 2.26 bits per heavy atom. The van der Waals surface area contributed by atoms with Crippen molar-refractivity contribution in [3.8, 4) is 0 Å². The van der Waals surface area contributed by atoms with E-state index < -0.39 is 18.0 Å². The van der Waals surface area contributed by atoms with Crippen LogP contribution < -0.4 is 15.7 Å². The normalized spacial score (nSPS) is 12.1. The fraction of sp³-hybridized carbons (Fsp3) is 0.429. The Morgan fingerprint density at radius 2 is 1.79 bits per heavy atom. The Hall–Kier alpha value is -2.04. The quantitative estimate of drug-likeness (QED) is 0.856. The number of carboxylic acids is 1. The fourth-order valence-corrected chi connectivity index (χ4v) is 1.63. The van der Waals surface area contributed by atoms with E-state index in [1.54, 1.807) is 19.9 Å². The Morgan fingerprint density at radius 1 is 1.16 bits per heavy atom. The molecule has 0 fully saturated rings. The maximum Gasteiger partial charge on any atom is 0.319 e. The molecule has 1 aromatic rings. The van der Waals surface area contributed by atoms with Crippen LogP contribution >= 0.6 is 0 Å². The Bertz CT molecular complexity index is 484. The van der Waals surface area contributed by atoms with Crippen LogP contribution in [0.4, 0.5) is 10.5 Å². The molecule has 19 heavy (non-hydrogen) atoms. The second-order valence-corrected chi connectivity index (χ2v) is 4.94. The van der Waals surface area contributed by atoms with Crippen LogP contribution in [0.1, 0.15) is 25.0 Å². The van der Waals surface area contributed by atoms with E-state index in [0.717, 1.165) is 11.1 Å². The molecule has 1 rings (SSSR count). The van der Waals surface area contributed by atoms with Gasteiger partial charge in [-0.2, -0.15) is 0 Å². The van der Waals surface area contributed by atoms with Gasteiger partial charge in [-0.3, -0.25) is 0 Å². The monoisotopic (exact) mass is 263 g/mol. The Kier molecular flexibility index (Phi) is 4.92. The fourth-order valence-electron chi connectivity index (χ4n) is 1.63. The third-order valence-electron chi connectivity index (χ3n) is 2.97. The number of hydrogen-bond donors (Lipinski definition) is 2. The highest BCUT2D eigenvalue weighted by Crippen LogP contribution is 2.14. The SMILES string of the molecule is Cc1ccc(NC(=O)N[C@H](C(=O)[O-])C(C)C)cc1C. The highest BCUT2D eigenvalue weighted by molar-refractivity contribution is 5.92. The van der Waals surface area contributed by atoms with E-state index in [9.17, 15) is 14.7 Å². The molecule has 1 aromatic carbocycles. The maximum absolute atomic E-state index is 11.7. The molecule has 0 unspecified atom stereocenters. The second-order valence-electron chi connectivity index (χ2n) is 4.94. The van der Waals surface area contributed by atoms with E-state index in [1.807, 2.05) is 26.0 Å². The van der Waals surface area contributed by atoms with Crippen LogP contribution in [0, 0.1) is 19.8 Å². The summed E-state index contributed by atoms with van der Waals surface area (Å²) in [7, 11) is 0. The zero-order valence-corrected chi connectivity index (χ0v) is 11.6. The summed E-state index contributed by atoms with van der Waals surface area (Å²) in [6, 6.07) is 3.94. The zero-order chi connectivity index (χ0) is 14.6. The molecule has 5 nitrogen and oxygen atoms in total. The third-order valence-corrected chi connectivity index (χ3v) is 2.97. The molecule has 0 radical (unpaired) electrons. The maximum atomic E-state index is 11.7. The Balaban J connectivity index is 2.69. The minimum atomic E-state index is -1.29. The van der Waals surface area contributed by atoms with E-state index in [2.05, 4.69) is 10.6 Å². The van der Waals surface area contributed by atoms with Gasteiger partial charge in [-0.25, -0.2) is 4.79 Å². The lowest BCUT2D eigenvalue weighted by molar-refractivity contribution is -0.309. The molecule has 5 heteroatoms. The van der Waals surface area contributed by atoms with Crippen molar-refractivity contribution < 1.29 is 14.7 Å². The summed E-state index contributed by atoms with van der Waals surface area (Å²) < 4.78 is 0. The van der Waals surface area contributed by atoms with Crippen molar-refractivity contribution in [1.82, 2.24) is 5.32 Å². The number of rotatable bonds is 4. The summed E-state index contributed by atoms with van der Waals surface area (Å²) in [4.78, 5) is 22.6. The van der Waals surface area contributed by atoms with E-state index in [-0.39, 0.29) is 5.92 Å². The van der Waals surface area contributed by atoms with Crippen molar-refractivity contribution in [3.05, 3.63) is 29.3 Å². The smallest absolute Gasteiger partial charge is 0.319 e. The summed E-state index contributed by atoms with van der Waals surface area (Å²) in [6.07, 6.45) is 0. The highest BCUT2D eigenvalue weighted by Gasteiger charge is 2.17. The van der Waals surface area contributed by atoms with Crippen molar-refractivity contribution in [1.29, 1.82) is 0 Å². The summed E-state index contributed by atoms with van der Waals surface area (Å²) in [5, 5.41) is 15.9. The number of carbonyl (C=O) groups is 2. The number of benzene rings is 1. The number of nitrogens with one attached hydrogen (secondary N) is 2. The average molecular weight is 263 g/mol. The predicted molar refractivity (Wildman–Crippen MR) is 71.7 cm³/mol. The molecular formula is C14H19N2O3-. The zero-order valence-electron chi connectivity index (χ0n) is 11.6. The van der Waals surface area contributed by atoms with Crippen LogP contribution in [0.25, 0.3) is 0 Å². The van der Waals surface area contributed by atoms with Gasteiger partial charge < -0.3 is 20.5 Å². The van der Waals surface area contributed by atoms with E-state index in [1.165, 1.54) is 0 Å². The lowest BCUT2D eigenvalue weighted by Gasteiger charge is -2.23. The van der Waals surface area contributed by atoms with Gasteiger partial charge >= 0.3 is 6.03 Å². The summed E-state index contributed by atoms with van der Waals surface area (Å²) in [5.41, 5.74) is 2.81. The van der Waals surface area contributed by atoms with E-state index in [0.29, 0.717) is 5.69 Å². The van der Waals surface area contributed by atoms with Crippen LogP contribution in [0.5, 0.6) is 0 Å². The molecule has 0 aliphatic carbocycles. The molecule has 0 aliphatic rings. The van der Waals surface area contributed by atoms with Gasteiger partial charge in [-0.1, -0.05) is 19.9 Å². The van der Waals surface area contributed by atoms with E-state index in [4.69, 9.17) is 0 Å². The summed E-state index contributed by atoms with van der Waals surface area (Å²) in [6.45, 7) is 7.33. The number of urea groups is 1. The minimum absolute atomic E-state index is 0.240. The van der Waals surface area contributed by atoms with Crippen LogP contribution in [-0.2, 0) is 4.79 Å². The molecule has 2 amide bonds. The largest absolute Gasteiger partial charge is 0.548 e. The van der Waals surface area contributed by atoms with Crippen molar-refractivity contribution in [2.24, 2.45) is 5.92 Å². The molecule has 0 saturated heterocycles. The van der Waals surface area contributed by atoms with Gasteiger partial charge in [0.15, 0.2) is 0 Å². The number of hydrogen-bond acceptors (Lipinski definition) is 3. The van der Waals surface area contributed by atoms with Crippen LogP contribution in [0.2, 0.25) is 0 Å². The standard InChI is InChI=1S/C14H20N2O3/c1-8(2)12(13(17)18)16-14(19)15-11-6-5-9(3)10(4)7-11/h5-8,12H,1-4H3,(H,17,18)(H2,15,16,19)/p-1/t12-/m0/s1. The molecule has 0 saturated carbocycles. The van der Waals surface area contributed by atoms with Crippen molar-refractivity contribution in [2.45, 2.75) is 33.7 Å². The lowest BCUT2D eigenvalue weighted by atomic mass is 10.1. The molecular weight excluding hydrogens is 244 g/mol. The van der Waals surface area contributed by atoms with Crippen molar-refractivity contribution in [2.75, 3.05) is 5.32 Å². The third kappa shape index (κ3) is 4.28. The number of aryl methyl sites for hydroxylation is 2. The first-order valence-corrected chi connectivity index (χ1v) is 6.17. The first-order valence-electron chi connectivity index (χ1n) is 6.17. The molecule has 0 aromatic heterocycles. The summed E-state index contributed by atoms with van der Waals surface area (Å²) >= 11 is 0. The van der Waals surface area contributed by atoms with Gasteiger partial charge in [0.1, 0.15) is 0 Å². The number of amides is 2. The van der Waals surface area contributed by atoms with E-state index >= 15 is 0 Å². The Labute approximate surface area is 113 Å². The van der Waals surface area contributed by atoms with Crippen LogP contribution in [0.3, 0.4) is 0 Å². The number of anilines is 1. The molecule has 1 atom stereocenters. The van der Waals surface area contributed by atoms with Gasteiger partial charge in [0.2, 0.25) is 0 Å². The van der Waals surface area contributed by atoms with Gasteiger partial charge in [0.25, 0.3) is 0 Å². The predicted octanol–water partition coefficient (Wildman–Crippen LogP) is 1.20. The molecule has 0 heterocycles. The topological polar surface area (TPSA) is 81.3 Å². The number of carbonyl (C=O) groups excluding carboxylic acids is 2. The lowest BCUT2D eigenvalue weighted by Crippen LogP contribution is -2.51. The molecule has 104 valence electrons. The van der Waals surface area contributed by atoms with Crippen molar-refractivity contribution in [3.63, 3.8) is 0 Å². The average Bonchev–Trinajstić information content (AvgIpc) is 2.30.